The Morgan fingerprint density at radius 1 is 1.31 bits per heavy atom. The summed E-state index contributed by atoms with van der Waals surface area (Å²) in [5.74, 6) is 0. The number of hydrogen-bond acceptors (Lipinski definition) is 3. The molecular weight excluding hydrogens is 221 g/mol. The molecule has 0 aliphatic carbocycles. The van der Waals surface area contributed by atoms with Crippen molar-refractivity contribution in [3.8, 4) is 0 Å². The molecule has 0 saturated carbocycles. The van der Waals surface area contributed by atoms with Gasteiger partial charge in [-0.25, -0.2) is 0 Å². The third-order valence-electron chi connectivity index (χ3n) is 2.52. The molecule has 2 heterocycles. The molecule has 2 rings (SSSR count). The molecule has 4 nitrogen and oxygen atoms in total. The van der Waals surface area contributed by atoms with Gasteiger partial charge in [-0.1, -0.05) is 0 Å². The standard InChI is InChI=1S/C9H13F3N4/c10-9(11,12)8-5-7(14-15-8)6-16-3-1-13-2-4-16/h5,13H,1-4,6H2,(H,14,15). The van der Waals surface area contributed by atoms with Gasteiger partial charge in [-0.3, -0.25) is 10.00 Å². The summed E-state index contributed by atoms with van der Waals surface area (Å²) in [5, 5.41) is 8.87. The molecule has 1 aliphatic heterocycles. The van der Waals surface area contributed by atoms with E-state index in [0.717, 1.165) is 32.2 Å². The van der Waals surface area contributed by atoms with Crippen LogP contribution in [0.2, 0.25) is 0 Å². The van der Waals surface area contributed by atoms with E-state index in [9.17, 15) is 13.2 Å². The van der Waals surface area contributed by atoms with Crippen LogP contribution in [0.25, 0.3) is 0 Å². The zero-order chi connectivity index (χ0) is 11.6. The number of nitrogens with one attached hydrogen (secondary N) is 2. The van der Waals surface area contributed by atoms with Gasteiger partial charge in [0.1, 0.15) is 0 Å². The molecule has 90 valence electrons. The molecule has 1 aromatic rings. The fourth-order valence-electron chi connectivity index (χ4n) is 1.70. The average molecular weight is 234 g/mol. The third kappa shape index (κ3) is 2.73. The lowest BCUT2D eigenvalue weighted by Gasteiger charge is -2.26. The van der Waals surface area contributed by atoms with E-state index in [-0.39, 0.29) is 0 Å². The van der Waals surface area contributed by atoms with Gasteiger partial charge >= 0.3 is 6.18 Å². The van der Waals surface area contributed by atoms with Crippen molar-refractivity contribution in [2.24, 2.45) is 0 Å². The Kier molecular flexibility index (Phi) is 3.15. The number of halogens is 3. The summed E-state index contributed by atoms with van der Waals surface area (Å²) in [7, 11) is 0. The zero-order valence-electron chi connectivity index (χ0n) is 8.64. The van der Waals surface area contributed by atoms with E-state index in [4.69, 9.17) is 0 Å². The van der Waals surface area contributed by atoms with Crippen LogP contribution in [0.5, 0.6) is 0 Å². The van der Waals surface area contributed by atoms with Crippen LogP contribution < -0.4 is 5.32 Å². The second kappa shape index (κ2) is 4.42. The Hall–Kier alpha value is -1.08. The van der Waals surface area contributed by atoms with Gasteiger partial charge in [0.15, 0.2) is 5.69 Å². The maximum absolute atomic E-state index is 12.3. The quantitative estimate of drug-likeness (QED) is 0.796. The molecule has 1 saturated heterocycles. The minimum Gasteiger partial charge on any atom is -0.314 e. The largest absolute Gasteiger partial charge is 0.435 e. The fourth-order valence-corrected chi connectivity index (χ4v) is 1.70. The van der Waals surface area contributed by atoms with Crippen LogP contribution in [0.1, 0.15) is 11.4 Å². The molecule has 1 fully saturated rings. The van der Waals surface area contributed by atoms with E-state index in [1.807, 2.05) is 0 Å². The molecule has 2 N–H and O–H groups in total. The number of piperazine rings is 1. The van der Waals surface area contributed by atoms with Crippen molar-refractivity contribution >= 4 is 0 Å². The predicted octanol–water partition coefficient (Wildman–Crippen LogP) is 0.834. The lowest BCUT2D eigenvalue weighted by molar-refractivity contribution is -0.141. The number of alkyl halides is 3. The minimum absolute atomic E-state index is 0.491. The monoisotopic (exact) mass is 234 g/mol. The van der Waals surface area contributed by atoms with Crippen molar-refractivity contribution in [3.05, 3.63) is 17.5 Å². The van der Waals surface area contributed by atoms with Crippen molar-refractivity contribution in [1.29, 1.82) is 0 Å². The van der Waals surface area contributed by atoms with Gasteiger partial charge in [0, 0.05) is 38.4 Å². The van der Waals surface area contributed by atoms with E-state index in [1.54, 1.807) is 0 Å². The normalized spacial score (nSPS) is 18.9. The first-order valence-corrected chi connectivity index (χ1v) is 5.10. The number of H-pyrrole nitrogens is 1. The molecule has 0 spiro atoms. The first-order valence-electron chi connectivity index (χ1n) is 5.10. The first-order chi connectivity index (χ1) is 7.55. The van der Waals surface area contributed by atoms with Gasteiger partial charge in [0.2, 0.25) is 0 Å². The highest BCUT2D eigenvalue weighted by molar-refractivity contribution is 5.11. The third-order valence-corrected chi connectivity index (χ3v) is 2.52. The average Bonchev–Trinajstić information content (AvgIpc) is 2.67. The van der Waals surface area contributed by atoms with E-state index in [0.29, 0.717) is 12.2 Å². The maximum Gasteiger partial charge on any atom is 0.435 e. The molecule has 7 heteroatoms. The summed E-state index contributed by atoms with van der Waals surface area (Å²) in [6.07, 6.45) is -4.36. The fraction of sp³-hybridized carbons (Fsp3) is 0.667. The van der Waals surface area contributed by atoms with Crippen LogP contribution in [-0.4, -0.2) is 41.3 Å². The Balaban J connectivity index is 1.97. The lowest BCUT2D eigenvalue weighted by atomic mass is 10.3. The SMILES string of the molecule is FC(F)(F)c1cc(CN2CCNCC2)[nH]n1. The topological polar surface area (TPSA) is 44.0 Å². The molecular formula is C9H13F3N4. The van der Waals surface area contributed by atoms with Gasteiger partial charge in [-0.05, 0) is 6.07 Å². The summed E-state index contributed by atoms with van der Waals surface area (Å²) in [4.78, 5) is 2.09. The van der Waals surface area contributed by atoms with E-state index < -0.39 is 11.9 Å². The molecule has 0 aromatic carbocycles. The number of aromatic amines is 1. The number of rotatable bonds is 2. The Bertz CT molecular complexity index is 341. The Morgan fingerprint density at radius 2 is 2.00 bits per heavy atom. The van der Waals surface area contributed by atoms with Crippen molar-refractivity contribution in [1.82, 2.24) is 20.4 Å². The molecule has 16 heavy (non-hydrogen) atoms. The maximum atomic E-state index is 12.3. The summed E-state index contributed by atoms with van der Waals surface area (Å²) in [5.41, 5.74) is -0.341. The van der Waals surface area contributed by atoms with Gasteiger partial charge < -0.3 is 5.32 Å². The number of hydrogen-bond donors (Lipinski definition) is 2. The highest BCUT2D eigenvalue weighted by atomic mass is 19.4. The summed E-state index contributed by atoms with van der Waals surface area (Å²) >= 11 is 0. The van der Waals surface area contributed by atoms with Crippen LogP contribution in [0, 0.1) is 0 Å². The Morgan fingerprint density at radius 3 is 2.56 bits per heavy atom. The predicted molar refractivity (Wildman–Crippen MR) is 51.7 cm³/mol. The van der Waals surface area contributed by atoms with Gasteiger partial charge in [-0.15, -0.1) is 0 Å². The lowest BCUT2D eigenvalue weighted by Crippen LogP contribution is -2.42. The molecule has 0 amide bonds. The van der Waals surface area contributed by atoms with Crippen molar-refractivity contribution in [2.75, 3.05) is 26.2 Å². The van der Waals surface area contributed by atoms with Gasteiger partial charge in [-0.2, -0.15) is 18.3 Å². The van der Waals surface area contributed by atoms with E-state index in [2.05, 4.69) is 20.4 Å². The first kappa shape index (κ1) is 11.4. The van der Waals surface area contributed by atoms with Crippen LogP contribution >= 0.6 is 0 Å². The van der Waals surface area contributed by atoms with Gasteiger partial charge in [0.25, 0.3) is 0 Å². The molecule has 0 unspecified atom stereocenters. The van der Waals surface area contributed by atoms with Gasteiger partial charge in [0.05, 0.1) is 0 Å². The second-order valence-electron chi connectivity index (χ2n) is 3.80. The number of aromatic nitrogens is 2. The molecule has 1 aliphatic rings. The molecule has 0 bridgehead atoms. The van der Waals surface area contributed by atoms with Crippen LogP contribution in [0.15, 0.2) is 6.07 Å². The smallest absolute Gasteiger partial charge is 0.314 e. The molecule has 1 aromatic heterocycles. The second-order valence-corrected chi connectivity index (χ2v) is 3.80. The summed E-state index contributed by atoms with van der Waals surface area (Å²) in [6, 6.07) is 1.07. The minimum atomic E-state index is -4.36. The Labute approximate surface area is 90.8 Å². The van der Waals surface area contributed by atoms with Crippen LogP contribution in [0.3, 0.4) is 0 Å². The van der Waals surface area contributed by atoms with Crippen LogP contribution in [-0.2, 0) is 12.7 Å². The molecule has 0 radical (unpaired) electrons. The van der Waals surface area contributed by atoms with Crippen molar-refractivity contribution in [2.45, 2.75) is 12.7 Å². The summed E-state index contributed by atoms with van der Waals surface area (Å²) < 4.78 is 36.8. The van der Waals surface area contributed by atoms with E-state index >= 15 is 0 Å². The number of nitrogens with zero attached hydrogens (tertiary/aromatic N) is 2. The zero-order valence-corrected chi connectivity index (χ0v) is 8.64. The molecule has 0 atom stereocenters. The highest BCUT2D eigenvalue weighted by Gasteiger charge is 2.33. The van der Waals surface area contributed by atoms with E-state index in [1.165, 1.54) is 0 Å². The van der Waals surface area contributed by atoms with Crippen LogP contribution in [0.4, 0.5) is 13.2 Å². The van der Waals surface area contributed by atoms with Crippen molar-refractivity contribution < 1.29 is 13.2 Å². The summed E-state index contributed by atoms with van der Waals surface area (Å²) in [6.45, 7) is 3.94. The van der Waals surface area contributed by atoms with Crippen molar-refractivity contribution in [3.63, 3.8) is 0 Å². The highest BCUT2D eigenvalue weighted by Crippen LogP contribution is 2.27.